The van der Waals surface area contributed by atoms with Crippen molar-refractivity contribution >= 4 is 37.8 Å². The van der Waals surface area contributed by atoms with Crippen LogP contribution in [0.2, 0.25) is 0 Å². The average Bonchev–Trinajstić information content (AvgIpc) is 2.45. The zero-order chi connectivity index (χ0) is 16.3. The van der Waals surface area contributed by atoms with Crippen LogP contribution in [0, 0.1) is 13.8 Å². The van der Waals surface area contributed by atoms with E-state index in [1.54, 1.807) is 13.0 Å². The predicted octanol–water partition coefficient (Wildman–Crippen LogP) is 5.20. The summed E-state index contributed by atoms with van der Waals surface area (Å²) in [7, 11) is 0. The summed E-state index contributed by atoms with van der Waals surface area (Å²) in [5.41, 5.74) is 1.95. The lowest BCUT2D eigenvalue weighted by atomic mass is 10.1. The van der Waals surface area contributed by atoms with Gasteiger partial charge in [-0.25, -0.2) is 4.79 Å². The standard InChI is InChI=1S/C17H16Br2O3/c1-10-4-5-11(2)16(8-10)22-17(20)12(3)21-15-7-6-13(18)9-14(15)19/h4-9,12H,1-3H3. The van der Waals surface area contributed by atoms with Crippen molar-refractivity contribution in [1.29, 1.82) is 0 Å². The number of benzene rings is 2. The zero-order valence-corrected chi connectivity index (χ0v) is 15.7. The van der Waals surface area contributed by atoms with Crippen LogP contribution in [0.4, 0.5) is 0 Å². The number of esters is 1. The summed E-state index contributed by atoms with van der Waals surface area (Å²) in [6.45, 7) is 5.52. The van der Waals surface area contributed by atoms with E-state index >= 15 is 0 Å². The molecule has 1 unspecified atom stereocenters. The van der Waals surface area contributed by atoms with Crippen molar-refractivity contribution in [2.45, 2.75) is 26.9 Å². The Bertz CT molecular complexity index is 698. The first-order chi connectivity index (χ1) is 10.4. The Kier molecular flexibility index (Phi) is 5.64. The van der Waals surface area contributed by atoms with Gasteiger partial charge in [0.1, 0.15) is 11.5 Å². The molecular formula is C17H16Br2O3. The number of hydrogen-bond acceptors (Lipinski definition) is 3. The molecule has 0 heterocycles. The van der Waals surface area contributed by atoms with Gasteiger partial charge in [-0.3, -0.25) is 0 Å². The molecule has 0 N–H and O–H groups in total. The molecule has 0 saturated heterocycles. The first-order valence-electron chi connectivity index (χ1n) is 6.77. The summed E-state index contributed by atoms with van der Waals surface area (Å²) in [4.78, 5) is 12.2. The Hall–Kier alpha value is -1.33. The molecule has 5 heteroatoms. The van der Waals surface area contributed by atoms with E-state index in [4.69, 9.17) is 9.47 Å². The second kappa shape index (κ2) is 7.29. The molecule has 1 atom stereocenters. The van der Waals surface area contributed by atoms with Crippen molar-refractivity contribution in [2.75, 3.05) is 0 Å². The maximum Gasteiger partial charge on any atom is 0.352 e. The van der Waals surface area contributed by atoms with Crippen LogP contribution in [0.1, 0.15) is 18.1 Å². The summed E-state index contributed by atoms with van der Waals surface area (Å²) >= 11 is 6.78. The van der Waals surface area contributed by atoms with Crippen LogP contribution in [0.15, 0.2) is 45.3 Å². The monoisotopic (exact) mass is 426 g/mol. The Morgan fingerprint density at radius 3 is 2.45 bits per heavy atom. The van der Waals surface area contributed by atoms with Gasteiger partial charge in [0.15, 0.2) is 6.10 Å². The van der Waals surface area contributed by atoms with E-state index in [-0.39, 0.29) is 0 Å². The summed E-state index contributed by atoms with van der Waals surface area (Å²) in [5.74, 6) is 0.729. The number of carbonyl (C=O) groups excluding carboxylic acids is 1. The fraction of sp³-hybridized carbons (Fsp3) is 0.235. The van der Waals surface area contributed by atoms with Crippen molar-refractivity contribution in [3.8, 4) is 11.5 Å². The number of hydrogen-bond donors (Lipinski definition) is 0. The molecule has 0 bridgehead atoms. The van der Waals surface area contributed by atoms with E-state index in [0.717, 1.165) is 20.1 Å². The molecule has 0 aliphatic rings. The van der Waals surface area contributed by atoms with Crippen LogP contribution in [-0.4, -0.2) is 12.1 Å². The molecule has 22 heavy (non-hydrogen) atoms. The molecule has 0 amide bonds. The molecule has 2 aromatic rings. The van der Waals surface area contributed by atoms with Gasteiger partial charge in [0, 0.05) is 4.47 Å². The van der Waals surface area contributed by atoms with E-state index in [1.807, 2.05) is 44.2 Å². The number of aryl methyl sites for hydroxylation is 2. The lowest BCUT2D eigenvalue weighted by Gasteiger charge is -2.16. The molecule has 0 aliphatic carbocycles. The molecule has 2 rings (SSSR count). The van der Waals surface area contributed by atoms with Gasteiger partial charge in [-0.2, -0.15) is 0 Å². The fourth-order valence-electron chi connectivity index (χ4n) is 1.82. The van der Waals surface area contributed by atoms with Gasteiger partial charge < -0.3 is 9.47 Å². The Balaban J connectivity index is 2.07. The Labute approximate surface area is 146 Å². The third-order valence-electron chi connectivity index (χ3n) is 3.08. The minimum absolute atomic E-state index is 0.427. The molecule has 0 spiro atoms. The third-order valence-corrected chi connectivity index (χ3v) is 4.20. The van der Waals surface area contributed by atoms with Gasteiger partial charge in [-0.15, -0.1) is 0 Å². The van der Waals surface area contributed by atoms with Crippen molar-refractivity contribution in [3.05, 3.63) is 56.5 Å². The Morgan fingerprint density at radius 1 is 1.05 bits per heavy atom. The van der Waals surface area contributed by atoms with Crippen LogP contribution in [0.3, 0.4) is 0 Å². The quantitative estimate of drug-likeness (QED) is 0.496. The summed E-state index contributed by atoms with van der Waals surface area (Å²) in [5, 5.41) is 0. The van der Waals surface area contributed by atoms with Crippen LogP contribution in [0.5, 0.6) is 11.5 Å². The molecular weight excluding hydrogens is 412 g/mol. The first kappa shape index (κ1) is 17.0. The highest BCUT2D eigenvalue weighted by atomic mass is 79.9. The summed E-state index contributed by atoms with van der Waals surface area (Å²) in [6, 6.07) is 11.2. The second-order valence-electron chi connectivity index (χ2n) is 5.02. The summed E-state index contributed by atoms with van der Waals surface area (Å²) in [6.07, 6.45) is -0.711. The van der Waals surface area contributed by atoms with Gasteiger partial charge in [0.05, 0.1) is 4.47 Å². The van der Waals surface area contributed by atoms with Gasteiger partial charge >= 0.3 is 5.97 Å². The van der Waals surface area contributed by atoms with Crippen LogP contribution in [-0.2, 0) is 4.79 Å². The van der Waals surface area contributed by atoms with E-state index in [9.17, 15) is 4.79 Å². The molecule has 2 aromatic carbocycles. The first-order valence-corrected chi connectivity index (χ1v) is 8.36. The van der Waals surface area contributed by atoms with Crippen molar-refractivity contribution in [3.63, 3.8) is 0 Å². The SMILES string of the molecule is Cc1ccc(C)c(OC(=O)C(C)Oc2ccc(Br)cc2Br)c1. The zero-order valence-electron chi connectivity index (χ0n) is 12.5. The van der Waals surface area contributed by atoms with E-state index in [2.05, 4.69) is 31.9 Å². The van der Waals surface area contributed by atoms with E-state index in [0.29, 0.717) is 11.5 Å². The molecule has 0 saturated carbocycles. The van der Waals surface area contributed by atoms with Crippen LogP contribution < -0.4 is 9.47 Å². The number of ether oxygens (including phenoxy) is 2. The van der Waals surface area contributed by atoms with E-state index in [1.165, 1.54) is 0 Å². The number of halogens is 2. The van der Waals surface area contributed by atoms with Crippen molar-refractivity contribution < 1.29 is 14.3 Å². The Morgan fingerprint density at radius 2 is 1.77 bits per heavy atom. The van der Waals surface area contributed by atoms with Gasteiger partial charge in [-0.05, 0) is 72.1 Å². The highest BCUT2D eigenvalue weighted by molar-refractivity contribution is 9.11. The highest BCUT2D eigenvalue weighted by Gasteiger charge is 2.19. The number of rotatable bonds is 4. The van der Waals surface area contributed by atoms with E-state index < -0.39 is 12.1 Å². The minimum atomic E-state index is -0.711. The number of carbonyl (C=O) groups is 1. The van der Waals surface area contributed by atoms with Gasteiger partial charge in [0.25, 0.3) is 0 Å². The normalized spacial score (nSPS) is 11.9. The molecule has 3 nitrogen and oxygen atoms in total. The molecule has 0 radical (unpaired) electrons. The summed E-state index contributed by atoms with van der Waals surface area (Å²) < 4.78 is 12.8. The molecule has 116 valence electrons. The topological polar surface area (TPSA) is 35.5 Å². The molecule has 0 fully saturated rings. The average molecular weight is 428 g/mol. The van der Waals surface area contributed by atoms with Gasteiger partial charge in [-0.1, -0.05) is 28.1 Å². The van der Waals surface area contributed by atoms with Crippen LogP contribution >= 0.6 is 31.9 Å². The fourth-order valence-corrected chi connectivity index (χ4v) is 2.96. The largest absolute Gasteiger partial charge is 0.478 e. The van der Waals surface area contributed by atoms with Crippen molar-refractivity contribution in [2.24, 2.45) is 0 Å². The molecule has 0 aromatic heterocycles. The minimum Gasteiger partial charge on any atom is -0.478 e. The maximum atomic E-state index is 12.2. The van der Waals surface area contributed by atoms with Crippen LogP contribution in [0.25, 0.3) is 0 Å². The third kappa shape index (κ3) is 4.34. The van der Waals surface area contributed by atoms with Gasteiger partial charge in [0.2, 0.25) is 0 Å². The predicted molar refractivity (Wildman–Crippen MR) is 93.5 cm³/mol. The lowest BCUT2D eigenvalue weighted by Crippen LogP contribution is -2.28. The van der Waals surface area contributed by atoms with Crippen molar-refractivity contribution in [1.82, 2.24) is 0 Å². The molecule has 0 aliphatic heterocycles. The highest BCUT2D eigenvalue weighted by Crippen LogP contribution is 2.29. The lowest BCUT2D eigenvalue weighted by molar-refractivity contribution is -0.141. The smallest absolute Gasteiger partial charge is 0.352 e. The second-order valence-corrected chi connectivity index (χ2v) is 6.79. The maximum absolute atomic E-state index is 12.2.